The maximum atomic E-state index is 13.5. The molecule has 172 valence electrons. The van der Waals surface area contributed by atoms with E-state index in [-0.39, 0.29) is 17.2 Å². The van der Waals surface area contributed by atoms with Gasteiger partial charge in [0.15, 0.2) is 0 Å². The molecule has 0 saturated heterocycles. The maximum absolute atomic E-state index is 13.5. The normalized spacial score (nSPS) is 15.6. The minimum absolute atomic E-state index is 0.161. The highest BCUT2D eigenvalue weighted by Crippen LogP contribution is 2.44. The summed E-state index contributed by atoms with van der Waals surface area (Å²) >= 11 is 1.56. The summed E-state index contributed by atoms with van der Waals surface area (Å²) in [5, 5.41) is 6.76. The van der Waals surface area contributed by atoms with Crippen molar-refractivity contribution < 1.29 is 9.59 Å². The molecule has 3 aromatic rings. The largest absolute Gasteiger partial charge is 0.322 e. The van der Waals surface area contributed by atoms with Crippen molar-refractivity contribution in [1.82, 2.24) is 0 Å². The van der Waals surface area contributed by atoms with E-state index in [1.54, 1.807) is 11.3 Å². The lowest BCUT2D eigenvalue weighted by atomic mass is 9.72. The molecule has 1 aromatic heterocycles. The molecule has 0 bridgehead atoms. The Balaban J connectivity index is 1.69. The van der Waals surface area contributed by atoms with Crippen molar-refractivity contribution in [3.05, 3.63) is 81.2 Å². The van der Waals surface area contributed by atoms with Gasteiger partial charge in [0, 0.05) is 16.1 Å². The molecule has 5 heteroatoms. The number of fused-ring (bicyclic) bond motifs is 1. The van der Waals surface area contributed by atoms with Crippen LogP contribution in [-0.4, -0.2) is 11.8 Å². The molecule has 1 aliphatic rings. The van der Waals surface area contributed by atoms with Crippen LogP contribution >= 0.6 is 11.3 Å². The van der Waals surface area contributed by atoms with Gasteiger partial charge in [-0.25, -0.2) is 0 Å². The quantitative estimate of drug-likeness (QED) is 0.439. The predicted molar refractivity (Wildman–Crippen MR) is 138 cm³/mol. The molecule has 0 radical (unpaired) electrons. The molecule has 1 heterocycles. The van der Waals surface area contributed by atoms with E-state index in [2.05, 4.69) is 31.4 Å². The highest BCUT2D eigenvalue weighted by atomic mass is 32.1. The lowest BCUT2D eigenvalue weighted by Gasteiger charge is -2.33. The van der Waals surface area contributed by atoms with Crippen molar-refractivity contribution >= 4 is 33.8 Å². The molecule has 0 aliphatic heterocycles. The average molecular weight is 461 g/mol. The smallest absolute Gasteiger partial charge is 0.258 e. The van der Waals surface area contributed by atoms with Crippen molar-refractivity contribution in [1.29, 1.82) is 0 Å². The van der Waals surface area contributed by atoms with E-state index < -0.39 is 0 Å². The number of hydrogen-bond donors (Lipinski definition) is 2. The SMILES string of the molecule is Cc1ccc(NC(=O)c2c(NC(=O)c3ccccc3C)sc3c2CCC(C(C)(C)C)C3)cc1. The number of thiophene rings is 1. The van der Waals surface area contributed by atoms with Gasteiger partial charge in [0.05, 0.1) is 5.56 Å². The van der Waals surface area contributed by atoms with Crippen LogP contribution in [0.5, 0.6) is 0 Å². The monoisotopic (exact) mass is 460 g/mol. The van der Waals surface area contributed by atoms with Gasteiger partial charge in [0.1, 0.15) is 5.00 Å². The fourth-order valence-corrected chi connectivity index (χ4v) is 5.80. The summed E-state index contributed by atoms with van der Waals surface area (Å²) in [4.78, 5) is 27.8. The van der Waals surface area contributed by atoms with Gasteiger partial charge in [-0.15, -0.1) is 11.3 Å². The van der Waals surface area contributed by atoms with E-state index >= 15 is 0 Å². The number of amides is 2. The first-order valence-corrected chi connectivity index (χ1v) is 12.3. The summed E-state index contributed by atoms with van der Waals surface area (Å²) in [5.74, 6) is 0.214. The van der Waals surface area contributed by atoms with Gasteiger partial charge in [0.2, 0.25) is 0 Å². The summed E-state index contributed by atoms with van der Waals surface area (Å²) in [5.41, 5.74) is 5.34. The van der Waals surface area contributed by atoms with E-state index in [4.69, 9.17) is 0 Å². The first kappa shape index (κ1) is 23.2. The van der Waals surface area contributed by atoms with E-state index in [0.29, 0.717) is 22.0 Å². The molecule has 0 saturated carbocycles. The second-order valence-electron chi connectivity index (χ2n) is 10.1. The summed E-state index contributed by atoms with van der Waals surface area (Å²) in [6, 6.07) is 15.3. The third-order valence-corrected chi connectivity index (χ3v) is 7.81. The lowest BCUT2D eigenvalue weighted by Crippen LogP contribution is -2.27. The van der Waals surface area contributed by atoms with Gasteiger partial charge < -0.3 is 10.6 Å². The Labute approximate surface area is 200 Å². The van der Waals surface area contributed by atoms with Crippen molar-refractivity contribution in [3.8, 4) is 0 Å². The molecule has 0 spiro atoms. The summed E-state index contributed by atoms with van der Waals surface area (Å²) in [6.07, 6.45) is 2.84. The molecule has 4 nitrogen and oxygen atoms in total. The van der Waals surface area contributed by atoms with Gasteiger partial charge >= 0.3 is 0 Å². The van der Waals surface area contributed by atoms with Crippen LogP contribution in [0.3, 0.4) is 0 Å². The summed E-state index contributed by atoms with van der Waals surface area (Å²) in [6.45, 7) is 10.8. The third-order valence-electron chi connectivity index (χ3n) is 6.64. The molecule has 2 N–H and O–H groups in total. The zero-order valence-corrected chi connectivity index (χ0v) is 20.9. The zero-order valence-electron chi connectivity index (χ0n) is 20.0. The van der Waals surface area contributed by atoms with Crippen LogP contribution in [0.2, 0.25) is 0 Å². The molecule has 0 fully saturated rings. The van der Waals surface area contributed by atoms with E-state index in [1.807, 2.05) is 62.4 Å². The number of rotatable bonds is 4. The minimum atomic E-state index is -0.177. The minimum Gasteiger partial charge on any atom is -0.322 e. The molecular weight excluding hydrogens is 428 g/mol. The highest BCUT2D eigenvalue weighted by Gasteiger charge is 2.34. The van der Waals surface area contributed by atoms with Gasteiger partial charge in [0.25, 0.3) is 11.8 Å². The van der Waals surface area contributed by atoms with Crippen LogP contribution in [0.4, 0.5) is 10.7 Å². The topological polar surface area (TPSA) is 58.2 Å². The maximum Gasteiger partial charge on any atom is 0.258 e. The Morgan fingerprint density at radius 3 is 2.30 bits per heavy atom. The van der Waals surface area contributed by atoms with Crippen molar-refractivity contribution in [2.45, 2.75) is 53.9 Å². The first-order valence-electron chi connectivity index (χ1n) is 11.5. The Bertz CT molecular complexity index is 1190. The number of anilines is 2. The number of carbonyl (C=O) groups is 2. The molecule has 33 heavy (non-hydrogen) atoms. The van der Waals surface area contributed by atoms with Gasteiger partial charge in [-0.1, -0.05) is 56.7 Å². The fraction of sp³-hybridized carbons (Fsp3) is 0.357. The molecule has 1 atom stereocenters. The standard InChI is InChI=1S/C28H32N2O2S/c1-17-10-13-20(14-11-17)29-26(32)24-22-15-12-19(28(3,4)5)16-23(22)33-27(24)30-25(31)21-9-7-6-8-18(21)2/h6-11,13-14,19H,12,15-16H2,1-5H3,(H,29,32)(H,30,31). The predicted octanol–water partition coefficient (Wildman–Crippen LogP) is 7.02. The third kappa shape index (κ3) is 5.03. The van der Waals surface area contributed by atoms with Crippen LogP contribution in [-0.2, 0) is 12.8 Å². The molecule has 2 amide bonds. The van der Waals surface area contributed by atoms with E-state index in [9.17, 15) is 9.59 Å². The van der Waals surface area contributed by atoms with Crippen molar-refractivity contribution in [3.63, 3.8) is 0 Å². The fourth-order valence-electron chi connectivity index (χ4n) is 4.48. The number of benzene rings is 2. The van der Waals surface area contributed by atoms with Crippen molar-refractivity contribution in [2.24, 2.45) is 11.3 Å². The molecular formula is C28H32N2O2S. The van der Waals surface area contributed by atoms with Crippen LogP contribution in [0.1, 0.15) is 69.5 Å². The second kappa shape index (κ2) is 9.14. The molecule has 4 rings (SSSR count). The molecule has 1 aliphatic carbocycles. The number of aryl methyl sites for hydroxylation is 2. The Morgan fingerprint density at radius 2 is 1.64 bits per heavy atom. The van der Waals surface area contributed by atoms with Crippen LogP contribution < -0.4 is 10.6 Å². The van der Waals surface area contributed by atoms with Crippen LogP contribution in [0.15, 0.2) is 48.5 Å². The number of carbonyl (C=O) groups excluding carboxylic acids is 2. The average Bonchev–Trinajstić information content (AvgIpc) is 3.12. The number of hydrogen-bond acceptors (Lipinski definition) is 3. The van der Waals surface area contributed by atoms with Crippen LogP contribution in [0.25, 0.3) is 0 Å². The molecule has 1 unspecified atom stereocenters. The van der Waals surface area contributed by atoms with Crippen molar-refractivity contribution in [2.75, 3.05) is 10.6 Å². The Hall–Kier alpha value is -2.92. The Morgan fingerprint density at radius 1 is 0.939 bits per heavy atom. The zero-order chi connectivity index (χ0) is 23.8. The lowest BCUT2D eigenvalue weighted by molar-refractivity contribution is 0.102. The first-order chi connectivity index (χ1) is 15.6. The van der Waals surface area contributed by atoms with Gasteiger partial charge in [-0.05, 0) is 73.8 Å². The molecule has 2 aromatic carbocycles. The van der Waals surface area contributed by atoms with Gasteiger partial charge in [-0.2, -0.15) is 0 Å². The van der Waals surface area contributed by atoms with E-state index in [0.717, 1.165) is 41.6 Å². The summed E-state index contributed by atoms with van der Waals surface area (Å²) in [7, 11) is 0. The van der Waals surface area contributed by atoms with Crippen LogP contribution in [0, 0.1) is 25.2 Å². The second-order valence-corrected chi connectivity index (χ2v) is 11.2. The summed E-state index contributed by atoms with van der Waals surface area (Å²) < 4.78 is 0. The Kier molecular flexibility index (Phi) is 6.44. The number of nitrogens with one attached hydrogen (secondary N) is 2. The van der Waals surface area contributed by atoms with E-state index in [1.165, 1.54) is 4.88 Å². The highest BCUT2D eigenvalue weighted by molar-refractivity contribution is 7.17. The van der Waals surface area contributed by atoms with Gasteiger partial charge in [-0.3, -0.25) is 9.59 Å².